The van der Waals surface area contributed by atoms with E-state index in [0.29, 0.717) is 29.2 Å². The van der Waals surface area contributed by atoms with Gasteiger partial charge in [-0.15, -0.1) is 0 Å². The summed E-state index contributed by atoms with van der Waals surface area (Å²) in [6.45, 7) is 9.63. The van der Waals surface area contributed by atoms with Crippen LogP contribution in [0.4, 0.5) is 0 Å². The molecule has 1 atom stereocenters. The minimum Gasteiger partial charge on any atom is -0.457 e. The SMILES string of the molecule is COCC(C)n1c(C)cc(C(=O)COC(=O)Cc2c(C)noc2C)c1C. The van der Waals surface area contributed by atoms with E-state index in [-0.39, 0.29) is 24.9 Å². The van der Waals surface area contributed by atoms with Crippen LogP contribution < -0.4 is 0 Å². The van der Waals surface area contributed by atoms with Gasteiger partial charge in [-0.3, -0.25) is 9.59 Å². The summed E-state index contributed by atoms with van der Waals surface area (Å²) >= 11 is 0. The van der Waals surface area contributed by atoms with Gasteiger partial charge in [0.1, 0.15) is 5.76 Å². The highest BCUT2D eigenvalue weighted by atomic mass is 16.5. The first kappa shape index (κ1) is 19.9. The first-order chi connectivity index (χ1) is 12.3. The molecule has 2 heterocycles. The number of rotatable bonds is 8. The number of hydrogen-bond donors (Lipinski definition) is 0. The number of hydrogen-bond acceptors (Lipinski definition) is 6. The van der Waals surface area contributed by atoms with Crippen LogP contribution in [-0.4, -0.2) is 41.8 Å². The average molecular weight is 362 g/mol. The average Bonchev–Trinajstić information content (AvgIpc) is 3.06. The maximum atomic E-state index is 12.5. The molecule has 2 aromatic rings. The number of Topliss-reactive ketones (excluding diaryl/α,β-unsaturated/α-hetero) is 1. The molecule has 0 fully saturated rings. The lowest BCUT2D eigenvalue weighted by Gasteiger charge is -2.17. The zero-order chi connectivity index (χ0) is 19.4. The van der Waals surface area contributed by atoms with E-state index in [4.69, 9.17) is 14.0 Å². The third-order valence-electron chi connectivity index (χ3n) is 4.50. The number of aryl methyl sites for hydroxylation is 3. The molecule has 0 saturated heterocycles. The van der Waals surface area contributed by atoms with Crippen LogP contribution in [0.3, 0.4) is 0 Å². The fourth-order valence-electron chi connectivity index (χ4n) is 3.23. The van der Waals surface area contributed by atoms with Crippen molar-refractivity contribution >= 4 is 11.8 Å². The van der Waals surface area contributed by atoms with Crippen LogP contribution in [0.2, 0.25) is 0 Å². The van der Waals surface area contributed by atoms with Crippen LogP contribution in [0.5, 0.6) is 0 Å². The summed E-state index contributed by atoms with van der Waals surface area (Å²) in [4.78, 5) is 24.5. The molecule has 0 saturated carbocycles. The van der Waals surface area contributed by atoms with Gasteiger partial charge in [0.25, 0.3) is 0 Å². The molecule has 2 rings (SSSR count). The van der Waals surface area contributed by atoms with Crippen molar-refractivity contribution in [1.82, 2.24) is 9.72 Å². The molecule has 0 amide bonds. The van der Waals surface area contributed by atoms with Crippen molar-refractivity contribution in [3.8, 4) is 0 Å². The van der Waals surface area contributed by atoms with E-state index in [1.165, 1.54) is 0 Å². The lowest BCUT2D eigenvalue weighted by Crippen LogP contribution is -2.18. The number of nitrogens with zero attached hydrogens (tertiary/aromatic N) is 2. The Labute approximate surface area is 153 Å². The predicted octanol–water partition coefficient (Wildman–Crippen LogP) is 2.89. The molecule has 0 radical (unpaired) electrons. The third kappa shape index (κ3) is 4.22. The zero-order valence-corrected chi connectivity index (χ0v) is 16.2. The second-order valence-electron chi connectivity index (χ2n) is 6.52. The summed E-state index contributed by atoms with van der Waals surface area (Å²) < 4.78 is 17.4. The minimum atomic E-state index is -0.477. The van der Waals surface area contributed by atoms with Crippen LogP contribution in [0.1, 0.15) is 51.7 Å². The van der Waals surface area contributed by atoms with Crippen LogP contribution in [0, 0.1) is 27.7 Å². The highest BCUT2D eigenvalue weighted by molar-refractivity contribution is 5.99. The molecule has 1 unspecified atom stereocenters. The van der Waals surface area contributed by atoms with Gasteiger partial charge in [0, 0.05) is 29.6 Å². The normalized spacial score (nSPS) is 12.2. The molecular weight excluding hydrogens is 336 g/mol. The van der Waals surface area contributed by atoms with Crippen molar-refractivity contribution in [2.24, 2.45) is 0 Å². The van der Waals surface area contributed by atoms with Gasteiger partial charge in [0.15, 0.2) is 6.61 Å². The molecule has 0 bridgehead atoms. The molecule has 2 aromatic heterocycles. The zero-order valence-electron chi connectivity index (χ0n) is 16.2. The van der Waals surface area contributed by atoms with Crippen molar-refractivity contribution in [3.05, 3.63) is 40.0 Å². The van der Waals surface area contributed by atoms with Gasteiger partial charge in [0.05, 0.1) is 24.8 Å². The highest BCUT2D eigenvalue weighted by Crippen LogP contribution is 2.21. The van der Waals surface area contributed by atoms with E-state index in [2.05, 4.69) is 9.72 Å². The molecule has 142 valence electrons. The van der Waals surface area contributed by atoms with Gasteiger partial charge in [-0.05, 0) is 40.7 Å². The topological polar surface area (TPSA) is 83.6 Å². The van der Waals surface area contributed by atoms with Crippen LogP contribution in [-0.2, 0) is 20.7 Å². The Morgan fingerprint density at radius 1 is 1.27 bits per heavy atom. The molecule has 0 aliphatic carbocycles. The number of methoxy groups -OCH3 is 1. The number of esters is 1. The maximum Gasteiger partial charge on any atom is 0.310 e. The van der Waals surface area contributed by atoms with Gasteiger partial charge in [-0.2, -0.15) is 0 Å². The fourth-order valence-corrected chi connectivity index (χ4v) is 3.23. The van der Waals surface area contributed by atoms with Crippen molar-refractivity contribution in [2.75, 3.05) is 20.3 Å². The Morgan fingerprint density at radius 2 is 1.96 bits per heavy atom. The van der Waals surface area contributed by atoms with E-state index in [1.54, 1.807) is 21.0 Å². The summed E-state index contributed by atoms with van der Waals surface area (Å²) in [6.07, 6.45) is 0.0400. The number of aromatic nitrogens is 2. The molecule has 0 aliphatic heterocycles. The number of ketones is 1. The van der Waals surface area contributed by atoms with Gasteiger partial charge in [0.2, 0.25) is 5.78 Å². The lowest BCUT2D eigenvalue weighted by atomic mass is 10.1. The molecule has 7 nitrogen and oxygen atoms in total. The molecule has 26 heavy (non-hydrogen) atoms. The maximum absolute atomic E-state index is 12.5. The van der Waals surface area contributed by atoms with E-state index < -0.39 is 5.97 Å². The Morgan fingerprint density at radius 3 is 2.54 bits per heavy atom. The molecule has 7 heteroatoms. The summed E-state index contributed by atoms with van der Waals surface area (Å²) in [6, 6.07) is 1.94. The number of carbonyl (C=O) groups excluding carboxylic acids is 2. The summed E-state index contributed by atoms with van der Waals surface area (Å²) in [5.74, 6) is -0.114. The van der Waals surface area contributed by atoms with Gasteiger partial charge >= 0.3 is 5.97 Å². The van der Waals surface area contributed by atoms with Crippen LogP contribution in [0.25, 0.3) is 0 Å². The van der Waals surface area contributed by atoms with Crippen molar-refractivity contribution < 1.29 is 23.6 Å². The van der Waals surface area contributed by atoms with Gasteiger partial charge in [-0.25, -0.2) is 0 Å². The van der Waals surface area contributed by atoms with E-state index >= 15 is 0 Å². The first-order valence-corrected chi connectivity index (χ1v) is 8.54. The summed E-state index contributed by atoms with van der Waals surface area (Å²) in [5, 5.41) is 3.80. The summed E-state index contributed by atoms with van der Waals surface area (Å²) in [5.41, 5.74) is 3.74. The quantitative estimate of drug-likeness (QED) is 0.530. The second-order valence-corrected chi connectivity index (χ2v) is 6.52. The molecular formula is C19H26N2O5. The molecule has 0 spiro atoms. The summed E-state index contributed by atoms with van der Waals surface area (Å²) in [7, 11) is 1.65. The Bertz CT molecular complexity index is 784. The standard InChI is InChI=1S/C19H26N2O5/c1-11-7-17(14(4)21(11)12(2)9-24-6)18(22)10-25-19(23)8-16-13(3)20-26-15(16)5/h7,12H,8-10H2,1-6H3. The molecule has 0 aliphatic rings. The molecule has 0 N–H and O–H groups in total. The Hall–Kier alpha value is -2.41. The van der Waals surface area contributed by atoms with Gasteiger partial charge in [-0.1, -0.05) is 5.16 Å². The largest absolute Gasteiger partial charge is 0.457 e. The Kier molecular flexibility index (Phi) is 6.37. The van der Waals surface area contributed by atoms with Crippen LogP contribution >= 0.6 is 0 Å². The number of ether oxygens (including phenoxy) is 2. The second kappa shape index (κ2) is 8.31. The highest BCUT2D eigenvalue weighted by Gasteiger charge is 2.21. The van der Waals surface area contributed by atoms with Crippen molar-refractivity contribution in [1.29, 1.82) is 0 Å². The van der Waals surface area contributed by atoms with E-state index in [9.17, 15) is 9.59 Å². The smallest absolute Gasteiger partial charge is 0.310 e. The van der Waals surface area contributed by atoms with Crippen molar-refractivity contribution in [3.63, 3.8) is 0 Å². The lowest BCUT2D eigenvalue weighted by molar-refractivity contribution is -0.141. The van der Waals surface area contributed by atoms with E-state index in [0.717, 1.165) is 11.4 Å². The number of carbonyl (C=O) groups is 2. The van der Waals surface area contributed by atoms with Crippen molar-refractivity contribution in [2.45, 2.75) is 47.1 Å². The first-order valence-electron chi connectivity index (χ1n) is 8.54. The van der Waals surface area contributed by atoms with Crippen LogP contribution in [0.15, 0.2) is 10.6 Å². The van der Waals surface area contributed by atoms with Gasteiger partial charge < -0.3 is 18.6 Å². The Balaban J connectivity index is 2.02. The fraction of sp³-hybridized carbons (Fsp3) is 0.526. The minimum absolute atomic E-state index is 0.0400. The van der Waals surface area contributed by atoms with E-state index in [1.807, 2.05) is 26.8 Å². The monoisotopic (exact) mass is 362 g/mol. The third-order valence-corrected chi connectivity index (χ3v) is 4.50. The molecule has 0 aromatic carbocycles. The predicted molar refractivity (Wildman–Crippen MR) is 95.5 cm³/mol.